The number of benzene rings is 3. The molecular weight excluding hydrogens is 382 g/mol. The molecule has 1 amide bonds. The summed E-state index contributed by atoms with van der Waals surface area (Å²) in [6.07, 6.45) is 0. The first-order valence-electron chi connectivity index (χ1n) is 9.46. The molecule has 0 atom stereocenters. The van der Waals surface area contributed by atoms with E-state index in [0.29, 0.717) is 34.7 Å². The van der Waals surface area contributed by atoms with Gasteiger partial charge in [0.25, 0.3) is 5.91 Å². The Bertz CT molecular complexity index is 1010. The summed E-state index contributed by atoms with van der Waals surface area (Å²) >= 11 is 0. The summed E-state index contributed by atoms with van der Waals surface area (Å²) in [5.74, 6) is -0.352. The zero-order chi connectivity index (χ0) is 21.3. The third-order valence-corrected chi connectivity index (χ3v) is 4.20. The zero-order valence-corrected chi connectivity index (χ0v) is 16.5. The quantitative estimate of drug-likeness (QED) is 0.452. The van der Waals surface area contributed by atoms with E-state index >= 15 is 0 Å². The van der Waals surface area contributed by atoms with Gasteiger partial charge in [-0.3, -0.25) is 9.59 Å². The number of hydrogen-bond acceptors (Lipinski definition) is 5. The summed E-state index contributed by atoms with van der Waals surface area (Å²) in [5.41, 5.74) is 2.11. The summed E-state index contributed by atoms with van der Waals surface area (Å²) in [7, 11) is 0. The summed E-state index contributed by atoms with van der Waals surface area (Å²) < 4.78 is 10.4. The minimum Gasteiger partial charge on any atom is -0.484 e. The number of esters is 1. The van der Waals surface area contributed by atoms with Crippen LogP contribution in [-0.4, -0.2) is 30.9 Å². The third kappa shape index (κ3) is 5.54. The topological polar surface area (TPSA) is 81.7 Å². The van der Waals surface area contributed by atoms with E-state index in [0.717, 1.165) is 0 Å². The lowest BCUT2D eigenvalue weighted by Gasteiger charge is -2.09. The maximum absolute atomic E-state index is 12.4. The van der Waals surface area contributed by atoms with Crippen LogP contribution in [0.4, 0.5) is 5.69 Å². The predicted octanol–water partition coefficient (Wildman–Crippen LogP) is 4.11. The van der Waals surface area contributed by atoms with Gasteiger partial charge in [0.2, 0.25) is 0 Å². The Morgan fingerprint density at radius 2 is 1.37 bits per heavy atom. The van der Waals surface area contributed by atoms with E-state index < -0.39 is 5.97 Å². The summed E-state index contributed by atoms with van der Waals surface area (Å²) in [6.45, 7) is 1.85. The van der Waals surface area contributed by atoms with E-state index in [-0.39, 0.29) is 18.3 Å². The number of hydrogen-bond donors (Lipinski definition) is 1. The number of rotatable bonds is 8. The van der Waals surface area contributed by atoms with Crippen molar-refractivity contribution in [3.05, 3.63) is 95.6 Å². The molecule has 0 aromatic heterocycles. The minimum absolute atomic E-state index is 0.0776. The zero-order valence-electron chi connectivity index (χ0n) is 16.5. The summed E-state index contributed by atoms with van der Waals surface area (Å²) in [4.78, 5) is 36.1. The van der Waals surface area contributed by atoms with Gasteiger partial charge >= 0.3 is 5.97 Å². The van der Waals surface area contributed by atoms with Gasteiger partial charge in [0.1, 0.15) is 5.75 Å². The molecule has 0 aliphatic carbocycles. The molecule has 0 aliphatic rings. The van der Waals surface area contributed by atoms with Crippen LogP contribution in [0.2, 0.25) is 0 Å². The lowest BCUT2D eigenvalue weighted by molar-refractivity contribution is -0.118. The lowest BCUT2D eigenvalue weighted by Crippen LogP contribution is -2.20. The van der Waals surface area contributed by atoms with E-state index in [4.69, 9.17) is 9.47 Å². The van der Waals surface area contributed by atoms with Crippen molar-refractivity contribution in [1.29, 1.82) is 0 Å². The predicted molar refractivity (Wildman–Crippen MR) is 113 cm³/mol. The highest BCUT2D eigenvalue weighted by Gasteiger charge is 2.10. The summed E-state index contributed by atoms with van der Waals surface area (Å²) in [6, 6.07) is 22.0. The van der Waals surface area contributed by atoms with Crippen LogP contribution in [0.3, 0.4) is 0 Å². The minimum atomic E-state index is -0.409. The molecular formula is C24H21NO5. The fourth-order valence-corrected chi connectivity index (χ4v) is 2.71. The second-order valence-electron chi connectivity index (χ2n) is 6.35. The first-order chi connectivity index (χ1) is 14.6. The van der Waals surface area contributed by atoms with Gasteiger partial charge in [-0.1, -0.05) is 30.3 Å². The molecule has 1 N–H and O–H groups in total. The Kier molecular flexibility index (Phi) is 6.95. The standard InChI is InChI=1S/C24H21NO5/c1-2-29-24(28)19-8-12-20(13-9-19)25-22(26)16-30-21-14-10-18(11-15-21)23(27)17-6-4-3-5-7-17/h3-15H,2,16H2,1H3,(H,25,26). The number of ketones is 1. The highest BCUT2D eigenvalue weighted by molar-refractivity contribution is 6.09. The Balaban J connectivity index is 1.51. The van der Waals surface area contributed by atoms with Crippen LogP contribution in [0.1, 0.15) is 33.2 Å². The molecule has 0 bridgehead atoms. The maximum Gasteiger partial charge on any atom is 0.338 e. The van der Waals surface area contributed by atoms with Crippen molar-refractivity contribution >= 4 is 23.3 Å². The van der Waals surface area contributed by atoms with Gasteiger partial charge in [0.15, 0.2) is 12.4 Å². The molecule has 30 heavy (non-hydrogen) atoms. The van der Waals surface area contributed by atoms with Crippen molar-refractivity contribution < 1.29 is 23.9 Å². The van der Waals surface area contributed by atoms with Crippen molar-refractivity contribution in [1.82, 2.24) is 0 Å². The Labute approximate surface area is 174 Å². The normalized spacial score (nSPS) is 10.2. The van der Waals surface area contributed by atoms with Gasteiger partial charge in [-0.25, -0.2) is 4.79 Å². The number of carbonyl (C=O) groups excluding carboxylic acids is 3. The molecule has 0 fully saturated rings. The molecule has 0 saturated heterocycles. The molecule has 0 heterocycles. The SMILES string of the molecule is CCOC(=O)c1ccc(NC(=O)COc2ccc(C(=O)c3ccccc3)cc2)cc1. The van der Waals surface area contributed by atoms with Gasteiger partial charge in [-0.05, 0) is 55.5 Å². The van der Waals surface area contributed by atoms with Crippen LogP contribution in [-0.2, 0) is 9.53 Å². The number of amides is 1. The van der Waals surface area contributed by atoms with Gasteiger partial charge in [0.05, 0.1) is 12.2 Å². The van der Waals surface area contributed by atoms with E-state index in [1.807, 2.05) is 18.2 Å². The number of anilines is 1. The van der Waals surface area contributed by atoms with E-state index in [1.165, 1.54) is 0 Å². The largest absolute Gasteiger partial charge is 0.484 e. The van der Waals surface area contributed by atoms with Crippen molar-refractivity contribution in [3.8, 4) is 5.75 Å². The molecule has 0 saturated carbocycles. The number of ether oxygens (including phenoxy) is 2. The van der Waals surface area contributed by atoms with E-state index in [2.05, 4.69) is 5.32 Å². The van der Waals surface area contributed by atoms with Crippen LogP contribution < -0.4 is 10.1 Å². The van der Waals surface area contributed by atoms with Crippen LogP contribution in [0, 0.1) is 0 Å². The highest BCUT2D eigenvalue weighted by Crippen LogP contribution is 2.16. The van der Waals surface area contributed by atoms with Crippen LogP contribution >= 0.6 is 0 Å². The summed E-state index contributed by atoms with van der Waals surface area (Å²) in [5, 5.41) is 2.69. The van der Waals surface area contributed by atoms with Crippen molar-refractivity contribution in [2.75, 3.05) is 18.5 Å². The average molecular weight is 403 g/mol. The molecule has 6 nitrogen and oxygen atoms in total. The monoisotopic (exact) mass is 403 g/mol. The van der Waals surface area contributed by atoms with Crippen LogP contribution in [0.5, 0.6) is 5.75 Å². The Morgan fingerprint density at radius 1 is 0.767 bits per heavy atom. The maximum atomic E-state index is 12.4. The van der Waals surface area contributed by atoms with Gasteiger partial charge in [-0.2, -0.15) is 0 Å². The molecule has 3 aromatic rings. The highest BCUT2D eigenvalue weighted by atomic mass is 16.5. The van der Waals surface area contributed by atoms with Gasteiger partial charge < -0.3 is 14.8 Å². The lowest BCUT2D eigenvalue weighted by atomic mass is 10.0. The molecule has 0 unspecified atom stereocenters. The average Bonchev–Trinajstić information content (AvgIpc) is 2.79. The molecule has 0 aliphatic heterocycles. The number of carbonyl (C=O) groups is 3. The Hall–Kier alpha value is -3.93. The van der Waals surface area contributed by atoms with Gasteiger partial charge in [0, 0.05) is 16.8 Å². The molecule has 0 spiro atoms. The number of nitrogens with one attached hydrogen (secondary N) is 1. The van der Waals surface area contributed by atoms with Crippen LogP contribution in [0.15, 0.2) is 78.9 Å². The van der Waals surface area contributed by atoms with Crippen LogP contribution in [0.25, 0.3) is 0 Å². The molecule has 3 aromatic carbocycles. The van der Waals surface area contributed by atoms with Crippen molar-refractivity contribution in [2.45, 2.75) is 6.92 Å². The fraction of sp³-hybridized carbons (Fsp3) is 0.125. The molecule has 152 valence electrons. The molecule has 6 heteroatoms. The fourth-order valence-electron chi connectivity index (χ4n) is 2.71. The smallest absolute Gasteiger partial charge is 0.338 e. The van der Waals surface area contributed by atoms with E-state index in [9.17, 15) is 14.4 Å². The molecule has 0 radical (unpaired) electrons. The van der Waals surface area contributed by atoms with E-state index in [1.54, 1.807) is 67.6 Å². The first kappa shape index (κ1) is 20.8. The molecule has 3 rings (SSSR count). The second kappa shape index (κ2) is 10.0. The van der Waals surface area contributed by atoms with Crippen molar-refractivity contribution in [2.24, 2.45) is 0 Å². The van der Waals surface area contributed by atoms with Gasteiger partial charge in [-0.15, -0.1) is 0 Å². The Morgan fingerprint density at radius 3 is 2.00 bits per heavy atom. The third-order valence-electron chi connectivity index (χ3n) is 4.20. The second-order valence-corrected chi connectivity index (χ2v) is 6.35. The van der Waals surface area contributed by atoms with Crippen molar-refractivity contribution in [3.63, 3.8) is 0 Å². The first-order valence-corrected chi connectivity index (χ1v) is 9.46.